The van der Waals surface area contributed by atoms with Crippen LogP contribution >= 0.6 is 0 Å². The molecular weight excluding hydrogens is 396 g/mol. The van der Waals surface area contributed by atoms with E-state index in [1.54, 1.807) is 42.5 Å². The van der Waals surface area contributed by atoms with Gasteiger partial charge < -0.3 is 25.2 Å². The number of hydrogen-bond donors (Lipinski definition) is 3. The zero-order chi connectivity index (χ0) is 21.6. The van der Waals surface area contributed by atoms with Crippen LogP contribution in [0.5, 0.6) is 11.5 Å². The third kappa shape index (κ3) is 5.14. The van der Waals surface area contributed by atoms with E-state index in [1.807, 2.05) is 36.4 Å². The Hall–Kier alpha value is -4.00. The van der Waals surface area contributed by atoms with Gasteiger partial charge in [-0.15, -0.1) is 0 Å². The highest BCUT2D eigenvalue weighted by molar-refractivity contribution is 6.01. The standard InChI is InChI=1S/C24H22N2O5/c27-23-19-8-4-5-9-20(19)25-22(26-23)15-30-17-12-10-16(11-13-17)14-21(24(28)29)31-18-6-2-1-3-7-18/h1-13,21-22,25H,14-15H2,(H,26,27)(H,28,29). The third-order valence-electron chi connectivity index (χ3n) is 4.86. The fourth-order valence-electron chi connectivity index (χ4n) is 3.31. The summed E-state index contributed by atoms with van der Waals surface area (Å²) in [5.74, 6) is -0.0343. The number of amides is 1. The van der Waals surface area contributed by atoms with Gasteiger partial charge in [-0.2, -0.15) is 0 Å². The van der Waals surface area contributed by atoms with Crippen molar-refractivity contribution in [3.8, 4) is 11.5 Å². The first kappa shape index (κ1) is 20.3. The van der Waals surface area contributed by atoms with Gasteiger partial charge in [-0.3, -0.25) is 4.79 Å². The third-order valence-corrected chi connectivity index (χ3v) is 4.86. The van der Waals surface area contributed by atoms with Crippen molar-refractivity contribution >= 4 is 17.6 Å². The summed E-state index contributed by atoms with van der Waals surface area (Å²) in [6.45, 7) is 0.244. The molecule has 1 amide bonds. The molecule has 2 unspecified atom stereocenters. The SMILES string of the molecule is O=C1NC(COc2ccc(CC(Oc3ccccc3)C(=O)O)cc2)Nc2ccccc21. The molecule has 0 fully saturated rings. The lowest BCUT2D eigenvalue weighted by molar-refractivity contribution is -0.145. The van der Waals surface area contributed by atoms with Gasteiger partial charge in [0.25, 0.3) is 5.91 Å². The van der Waals surface area contributed by atoms with Gasteiger partial charge in [-0.05, 0) is 42.0 Å². The van der Waals surface area contributed by atoms with Crippen LogP contribution < -0.4 is 20.1 Å². The summed E-state index contributed by atoms with van der Waals surface area (Å²) in [4.78, 5) is 23.7. The lowest BCUT2D eigenvalue weighted by Gasteiger charge is -2.27. The maximum atomic E-state index is 12.2. The topological polar surface area (TPSA) is 96.9 Å². The van der Waals surface area contributed by atoms with E-state index >= 15 is 0 Å². The molecule has 0 saturated heterocycles. The van der Waals surface area contributed by atoms with Crippen LogP contribution in [0.2, 0.25) is 0 Å². The molecule has 4 rings (SSSR count). The number of carboxylic acid groups (broad SMARTS) is 1. The number of carbonyl (C=O) groups is 2. The average molecular weight is 418 g/mol. The Bertz CT molecular complexity index is 1050. The van der Waals surface area contributed by atoms with Crippen LogP contribution in [-0.4, -0.2) is 35.9 Å². The Labute approximate surface area is 179 Å². The summed E-state index contributed by atoms with van der Waals surface area (Å²) in [6, 6.07) is 23.3. The van der Waals surface area contributed by atoms with E-state index in [0.717, 1.165) is 11.3 Å². The smallest absolute Gasteiger partial charge is 0.345 e. The molecule has 3 aromatic rings. The van der Waals surface area contributed by atoms with Crippen molar-refractivity contribution in [3.63, 3.8) is 0 Å². The van der Waals surface area contributed by atoms with Crippen molar-refractivity contribution in [2.45, 2.75) is 18.7 Å². The van der Waals surface area contributed by atoms with Gasteiger partial charge in [0, 0.05) is 12.1 Å². The first-order chi connectivity index (χ1) is 15.1. The Morgan fingerprint density at radius 3 is 2.35 bits per heavy atom. The van der Waals surface area contributed by atoms with Crippen LogP contribution in [0.3, 0.4) is 0 Å². The van der Waals surface area contributed by atoms with Crippen molar-refractivity contribution in [2.75, 3.05) is 11.9 Å². The van der Waals surface area contributed by atoms with E-state index in [2.05, 4.69) is 10.6 Å². The monoisotopic (exact) mass is 418 g/mol. The number of para-hydroxylation sites is 2. The van der Waals surface area contributed by atoms with E-state index in [1.165, 1.54) is 0 Å². The van der Waals surface area contributed by atoms with Crippen molar-refractivity contribution in [3.05, 3.63) is 90.0 Å². The van der Waals surface area contributed by atoms with Crippen molar-refractivity contribution in [2.24, 2.45) is 0 Å². The fraction of sp³-hybridized carbons (Fsp3) is 0.167. The first-order valence-corrected chi connectivity index (χ1v) is 9.91. The summed E-state index contributed by atoms with van der Waals surface area (Å²) >= 11 is 0. The number of hydrogen-bond acceptors (Lipinski definition) is 5. The van der Waals surface area contributed by atoms with Gasteiger partial charge in [0.1, 0.15) is 24.3 Å². The van der Waals surface area contributed by atoms with Gasteiger partial charge in [-0.25, -0.2) is 4.79 Å². The molecule has 0 spiro atoms. The summed E-state index contributed by atoms with van der Waals surface area (Å²) in [6.07, 6.45) is -1.12. The molecule has 3 aromatic carbocycles. The molecule has 0 saturated carbocycles. The second-order valence-corrected chi connectivity index (χ2v) is 7.13. The number of carboxylic acids is 1. The normalized spacial score (nSPS) is 15.7. The van der Waals surface area contributed by atoms with Gasteiger partial charge in [0.2, 0.25) is 0 Å². The number of benzene rings is 3. The van der Waals surface area contributed by atoms with Gasteiger partial charge in [0.05, 0.1) is 5.56 Å². The minimum Gasteiger partial charge on any atom is -0.489 e. The van der Waals surface area contributed by atoms with Crippen molar-refractivity contribution in [1.82, 2.24) is 5.32 Å². The minimum atomic E-state index is -1.02. The van der Waals surface area contributed by atoms with E-state index in [9.17, 15) is 14.7 Å². The molecule has 31 heavy (non-hydrogen) atoms. The van der Waals surface area contributed by atoms with Gasteiger partial charge in [-0.1, -0.05) is 42.5 Å². The van der Waals surface area contributed by atoms with Gasteiger partial charge in [0.15, 0.2) is 6.10 Å². The van der Waals surface area contributed by atoms with Crippen LogP contribution in [0.15, 0.2) is 78.9 Å². The lowest BCUT2D eigenvalue weighted by Crippen LogP contribution is -2.48. The summed E-state index contributed by atoms with van der Waals surface area (Å²) < 4.78 is 11.4. The molecule has 2 atom stereocenters. The molecule has 7 nitrogen and oxygen atoms in total. The minimum absolute atomic E-state index is 0.142. The Morgan fingerprint density at radius 1 is 0.903 bits per heavy atom. The molecule has 0 aliphatic carbocycles. The zero-order valence-electron chi connectivity index (χ0n) is 16.7. The zero-order valence-corrected chi connectivity index (χ0v) is 16.7. The van der Waals surface area contributed by atoms with Crippen molar-refractivity contribution < 1.29 is 24.2 Å². The fourth-order valence-corrected chi connectivity index (χ4v) is 3.31. The Kier molecular flexibility index (Phi) is 6.03. The quantitative estimate of drug-likeness (QED) is 0.519. The number of anilines is 1. The number of aliphatic carboxylic acids is 1. The summed E-state index contributed by atoms with van der Waals surface area (Å²) in [7, 11) is 0. The number of carbonyl (C=O) groups excluding carboxylic acids is 1. The molecule has 0 radical (unpaired) electrons. The number of nitrogens with one attached hydrogen (secondary N) is 2. The highest BCUT2D eigenvalue weighted by atomic mass is 16.5. The molecule has 7 heteroatoms. The molecule has 1 aliphatic heterocycles. The summed E-state index contributed by atoms with van der Waals surface area (Å²) in [5.41, 5.74) is 2.19. The maximum Gasteiger partial charge on any atom is 0.345 e. The highest BCUT2D eigenvalue weighted by Crippen LogP contribution is 2.21. The van der Waals surface area contributed by atoms with Crippen LogP contribution in [0, 0.1) is 0 Å². The second-order valence-electron chi connectivity index (χ2n) is 7.13. The van der Waals surface area contributed by atoms with E-state index in [4.69, 9.17) is 9.47 Å². The van der Waals surface area contributed by atoms with Gasteiger partial charge >= 0.3 is 5.97 Å². The van der Waals surface area contributed by atoms with E-state index in [0.29, 0.717) is 17.1 Å². The first-order valence-electron chi connectivity index (χ1n) is 9.91. The molecule has 1 heterocycles. The lowest BCUT2D eigenvalue weighted by atomic mass is 10.1. The predicted octanol–water partition coefficient (Wildman–Crippen LogP) is 3.32. The van der Waals surface area contributed by atoms with Crippen LogP contribution in [-0.2, 0) is 11.2 Å². The van der Waals surface area contributed by atoms with E-state index < -0.39 is 12.1 Å². The number of ether oxygens (including phenoxy) is 2. The van der Waals surface area contributed by atoms with Crippen LogP contribution in [0.4, 0.5) is 5.69 Å². The van der Waals surface area contributed by atoms with Crippen LogP contribution in [0.25, 0.3) is 0 Å². The number of rotatable bonds is 8. The average Bonchev–Trinajstić information content (AvgIpc) is 2.79. The predicted molar refractivity (Wildman–Crippen MR) is 115 cm³/mol. The Balaban J connectivity index is 1.33. The number of fused-ring (bicyclic) bond motifs is 1. The van der Waals surface area contributed by atoms with E-state index in [-0.39, 0.29) is 25.1 Å². The molecule has 0 aromatic heterocycles. The molecular formula is C24H22N2O5. The Morgan fingerprint density at radius 2 is 1.61 bits per heavy atom. The second kappa shape index (κ2) is 9.21. The molecule has 1 aliphatic rings. The van der Waals surface area contributed by atoms with Crippen LogP contribution in [0.1, 0.15) is 15.9 Å². The molecule has 0 bridgehead atoms. The van der Waals surface area contributed by atoms with Crippen molar-refractivity contribution in [1.29, 1.82) is 0 Å². The molecule has 3 N–H and O–H groups in total. The molecule has 158 valence electrons. The highest BCUT2D eigenvalue weighted by Gasteiger charge is 2.23. The summed E-state index contributed by atoms with van der Waals surface area (Å²) in [5, 5.41) is 15.6. The maximum absolute atomic E-state index is 12.2. The largest absolute Gasteiger partial charge is 0.489 e.